The molecule has 0 aliphatic carbocycles. The number of aromatic hydroxyl groups is 1. The number of phenols is 1. The molecule has 19 heavy (non-hydrogen) atoms. The highest BCUT2D eigenvalue weighted by Crippen LogP contribution is 2.33. The van der Waals surface area contributed by atoms with E-state index >= 15 is 0 Å². The molecule has 2 rings (SSSR count). The summed E-state index contributed by atoms with van der Waals surface area (Å²) < 4.78 is 4.89. The summed E-state index contributed by atoms with van der Waals surface area (Å²) in [6, 6.07) is 3.92. The Hall–Kier alpha value is -2.83. The molecule has 0 spiro atoms. The first-order valence-electron chi connectivity index (χ1n) is 5.22. The average molecular weight is 262 g/mol. The number of aromatic nitrogens is 2. The first kappa shape index (κ1) is 12.6. The molecular weight excluding hydrogens is 252 g/mol. The maximum Gasteiger partial charge on any atom is 0.353 e. The van der Waals surface area contributed by atoms with Gasteiger partial charge in [0.1, 0.15) is 5.69 Å². The highest BCUT2D eigenvalue weighted by atomic mass is 16.5. The fourth-order valence-corrected chi connectivity index (χ4v) is 1.64. The first-order valence-corrected chi connectivity index (χ1v) is 5.22. The molecule has 1 aromatic carbocycles. The van der Waals surface area contributed by atoms with Crippen molar-refractivity contribution in [3.05, 3.63) is 29.5 Å². The summed E-state index contributed by atoms with van der Waals surface area (Å²) in [4.78, 5) is 21.8. The highest BCUT2D eigenvalue weighted by molar-refractivity contribution is 5.91. The smallest absolute Gasteiger partial charge is 0.353 e. The molecule has 0 atom stereocenters. The monoisotopic (exact) mass is 262 g/mol. The Morgan fingerprint density at radius 3 is 2.68 bits per heavy atom. The molecule has 1 heterocycles. The lowest BCUT2D eigenvalue weighted by atomic mass is 10.0. The Bertz CT molecular complexity index is 648. The fourth-order valence-electron chi connectivity index (χ4n) is 1.64. The standard InChI is InChI=1S/C12H10N2O5/c1-19-11-2-6(5-15)7(3-10(11)16)8-4-9(12(17)18)14-13-8/h2-5,16H,1H3,(H,13,14)(H,17,18). The van der Waals surface area contributed by atoms with Gasteiger partial charge in [-0.2, -0.15) is 5.10 Å². The van der Waals surface area contributed by atoms with Gasteiger partial charge in [0.25, 0.3) is 0 Å². The number of phenolic OH excluding ortho intramolecular Hbond substituents is 1. The number of aldehydes is 1. The minimum atomic E-state index is -1.16. The second-order valence-electron chi connectivity index (χ2n) is 3.70. The number of rotatable bonds is 4. The second kappa shape index (κ2) is 4.81. The maximum absolute atomic E-state index is 11.0. The number of ether oxygens (including phenoxy) is 1. The van der Waals surface area contributed by atoms with Crippen molar-refractivity contribution in [2.75, 3.05) is 7.11 Å². The largest absolute Gasteiger partial charge is 0.504 e. The van der Waals surface area contributed by atoms with Gasteiger partial charge in [0.05, 0.1) is 12.8 Å². The van der Waals surface area contributed by atoms with Gasteiger partial charge in [-0.15, -0.1) is 0 Å². The van der Waals surface area contributed by atoms with E-state index in [0.717, 1.165) is 0 Å². The van der Waals surface area contributed by atoms with Crippen molar-refractivity contribution in [3.63, 3.8) is 0 Å². The van der Waals surface area contributed by atoms with E-state index in [1.54, 1.807) is 0 Å². The van der Waals surface area contributed by atoms with Crippen molar-refractivity contribution in [1.29, 1.82) is 0 Å². The van der Waals surface area contributed by atoms with Crippen LogP contribution in [0.1, 0.15) is 20.8 Å². The quantitative estimate of drug-likeness (QED) is 0.716. The van der Waals surface area contributed by atoms with Gasteiger partial charge in [-0.05, 0) is 18.2 Å². The summed E-state index contributed by atoms with van der Waals surface area (Å²) >= 11 is 0. The third-order valence-electron chi connectivity index (χ3n) is 2.56. The molecule has 2 aromatic rings. The van der Waals surface area contributed by atoms with Crippen LogP contribution in [0.25, 0.3) is 11.3 Å². The Labute approximate surface area is 107 Å². The molecule has 1 aromatic heterocycles. The Kier molecular flexibility index (Phi) is 3.19. The number of aromatic amines is 1. The van der Waals surface area contributed by atoms with Crippen LogP contribution >= 0.6 is 0 Å². The summed E-state index contributed by atoms with van der Waals surface area (Å²) in [6.45, 7) is 0. The predicted octanol–water partition coefficient (Wildman–Crippen LogP) is 1.30. The Morgan fingerprint density at radius 1 is 1.42 bits per heavy atom. The summed E-state index contributed by atoms with van der Waals surface area (Å²) in [5.41, 5.74) is 0.690. The minimum Gasteiger partial charge on any atom is -0.504 e. The van der Waals surface area contributed by atoms with Crippen LogP contribution in [0.3, 0.4) is 0 Å². The van der Waals surface area contributed by atoms with Crippen LogP contribution < -0.4 is 4.74 Å². The number of benzene rings is 1. The number of nitrogens with zero attached hydrogens (tertiary/aromatic N) is 1. The molecule has 0 saturated heterocycles. The van der Waals surface area contributed by atoms with Gasteiger partial charge >= 0.3 is 5.97 Å². The van der Waals surface area contributed by atoms with Crippen LogP contribution in [0.4, 0.5) is 0 Å². The van der Waals surface area contributed by atoms with Gasteiger partial charge < -0.3 is 14.9 Å². The van der Waals surface area contributed by atoms with E-state index in [4.69, 9.17) is 9.84 Å². The molecule has 0 unspecified atom stereocenters. The number of carboxylic acids is 1. The van der Waals surface area contributed by atoms with E-state index in [1.807, 2.05) is 0 Å². The van der Waals surface area contributed by atoms with Crippen molar-refractivity contribution in [2.45, 2.75) is 0 Å². The normalized spacial score (nSPS) is 10.2. The molecule has 0 aliphatic rings. The predicted molar refractivity (Wildman–Crippen MR) is 64.6 cm³/mol. The number of nitrogens with one attached hydrogen (secondary N) is 1. The number of H-pyrrole nitrogens is 1. The SMILES string of the molecule is COc1cc(C=O)c(-c2cc(C(=O)O)[nH]n2)cc1O. The van der Waals surface area contributed by atoms with E-state index in [-0.39, 0.29) is 28.5 Å². The average Bonchev–Trinajstić information content (AvgIpc) is 2.88. The van der Waals surface area contributed by atoms with Crippen LogP contribution in [-0.2, 0) is 0 Å². The molecule has 7 heteroatoms. The van der Waals surface area contributed by atoms with Crippen LogP contribution in [0.2, 0.25) is 0 Å². The zero-order valence-corrected chi connectivity index (χ0v) is 9.88. The zero-order chi connectivity index (χ0) is 14.0. The topological polar surface area (TPSA) is 113 Å². The minimum absolute atomic E-state index is 0.109. The van der Waals surface area contributed by atoms with Crippen molar-refractivity contribution in [3.8, 4) is 22.8 Å². The van der Waals surface area contributed by atoms with Crippen molar-refractivity contribution in [2.24, 2.45) is 0 Å². The highest BCUT2D eigenvalue weighted by Gasteiger charge is 2.15. The lowest BCUT2D eigenvalue weighted by Gasteiger charge is -2.07. The molecule has 0 saturated carbocycles. The summed E-state index contributed by atoms with van der Waals surface area (Å²) in [6.07, 6.45) is 0.576. The number of carbonyl (C=O) groups is 2. The van der Waals surface area contributed by atoms with Crippen LogP contribution in [-0.4, -0.2) is 39.8 Å². The summed E-state index contributed by atoms with van der Waals surface area (Å²) in [5, 5.41) is 24.6. The zero-order valence-electron chi connectivity index (χ0n) is 9.88. The summed E-state index contributed by atoms with van der Waals surface area (Å²) in [7, 11) is 1.36. The van der Waals surface area contributed by atoms with E-state index in [9.17, 15) is 14.7 Å². The van der Waals surface area contributed by atoms with Gasteiger partial charge in [-0.3, -0.25) is 9.89 Å². The third-order valence-corrected chi connectivity index (χ3v) is 2.56. The molecule has 98 valence electrons. The number of carboxylic acid groups (broad SMARTS) is 1. The van der Waals surface area contributed by atoms with Crippen molar-refractivity contribution >= 4 is 12.3 Å². The Morgan fingerprint density at radius 2 is 2.16 bits per heavy atom. The maximum atomic E-state index is 11.0. The number of hydrogen-bond acceptors (Lipinski definition) is 5. The van der Waals surface area contributed by atoms with E-state index < -0.39 is 5.97 Å². The molecule has 3 N–H and O–H groups in total. The van der Waals surface area contributed by atoms with Gasteiger partial charge in [-0.1, -0.05) is 0 Å². The molecule has 7 nitrogen and oxygen atoms in total. The molecule has 0 aliphatic heterocycles. The molecule has 0 amide bonds. The third kappa shape index (κ3) is 2.25. The van der Waals surface area contributed by atoms with E-state index in [0.29, 0.717) is 11.8 Å². The molecular formula is C12H10N2O5. The fraction of sp³-hybridized carbons (Fsp3) is 0.0833. The lowest BCUT2D eigenvalue weighted by molar-refractivity contribution is 0.0690. The molecule has 0 fully saturated rings. The number of carbonyl (C=O) groups excluding carboxylic acids is 1. The van der Waals surface area contributed by atoms with E-state index in [1.165, 1.54) is 25.3 Å². The van der Waals surface area contributed by atoms with Crippen molar-refractivity contribution in [1.82, 2.24) is 10.2 Å². The van der Waals surface area contributed by atoms with Crippen LogP contribution in [0.15, 0.2) is 18.2 Å². The number of aromatic carboxylic acids is 1. The van der Waals surface area contributed by atoms with Gasteiger partial charge in [0.2, 0.25) is 0 Å². The lowest BCUT2D eigenvalue weighted by Crippen LogP contribution is -1.95. The second-order valence-corrected chi connectivity index (χ2v) is 3.70. The Balaban J connectivity index is 2.57. The van der Waals surface area contributed by atoms with E-state index in [2.05, 4.69) is 10.2 Å². The molecule has 0 bridgehead atoms. The van der Waals surface area contributed by atoms with Gasteiger partial charge in [0.15, 0.2) is 17.8 Å². The first-order chi connectivity index (χ1) is 9.06. The molecule has 0 radical (unpaired) electrons. The number of hydrogen-bond donors (Lipinski definition) is 3. The summed E-state index contributed by atoms with van der Waals surface area (Å²) in [5.74, 6) is -1.17. The van der Waals surface area contributed by atoms with Crippen LogP contribution in [0, 0.1) is 0 Å². The van der Waals surface area contributed by atoms with Gasteiger partial charge in [-0.25, -0.2) is 4.79 Å². The number of methoxy groups -OCH3 is 1. The van der Waals surface area contributed by atoms with Gasteiger partial charge in [0, 0.05) is 11.1 Å². The van der Waals surface area contributed by atoms with Crippen molar-refractivity contribution < 1.29 is 24.5 Å². The van der Waals surface area contributed by atoms with Crippen LogP contribution in [0.5, 0.6) is 11.5 Å².